The summed E-state index contributed by atoms with van der Waals surface area (Å²) in [6.45, 7) is 7.01. The minimum Gasteiger partial charge on any atom is -0.384 e. The van der Waals surface area contributed by atoms with Gasteiger partial charge in [-0.15, -0.1) is 0 Å². The summed E-state index contributed by atoms with van der Waals surface area (Å²) >= 11 is 0. The molecule has 1 atom stereocenters. The number of hydrogen-bond donors (Lipinski definition) is 2. The number of dihydropyridines is 1. The lowest BCUT2D eigenvalue weighted by Gasteiger charge is -2.58. The number of carbonyl (C=O) groups excluding carboxylic acids is 1. The molecule has 0 bridgehead atoms. The van der Waals surface area contributed by atoms with Gasteiger partial charge >= 0.3 is 0 Å². The highest BCUT2D eigenvalue weighted by atomic mass is 16.2. The summed E-state index contributed by atoms with van der Waals surface area (Å²) in [5.74, 6) is 0.137. The Bertz CT molecular complexity index is 807. The van der Waals surface area contributed by atoms with E-state index in [0.717, 1.165) is 55.9 Å². The lowest BCUT2D eigenvalue weighted by Crippen LogP contribution is -2.70. The van der Waals surface area contributed by atoms with Crippen molar-refractivity contribution < 1.29 is 4.79 Å². The van der Waals surface area contributed by atoms with Crippen molar-refractivity contribution in [2.75, 3.05) is 32.7 Å². The van der Waals surface area contributed by atoms with Crippen LogP contribution in [0.5, 0.6) is 0 Å². The molecule has 0 spiro atoms. The maximum Gasteiger partial charge on any atom is 0.272 e. The van der Waals surface area contributed by atoms with Gasteiger partial charge in [-0.05, 0) is 25.7 Å². The molecule has 1 aliphatic carbocycles. The van der Waals surface area contributed by atoms with Crippen LogP contribution in [0, 0.1) is 0 Å². The van der Waals surface area contributed by atoms with Crippen molar-refractivity contribution in [3.8, 4) is 0 Å². The fourth-order valence-electron chi connectivity index (χ4n) is 5.21. The Kier molecular flexibility index (Phi) is 3.71. The minimum atomic E-state index is 0.137. The van der Waals surface area contributed by atoms with Gasteiger partial charge in [0.2, 0.25) is 0 Å². The minimum absolute atomic E-state index is 0.137. The van der Waals surface area contributed by atoms with E-state index in [-0.39, 0.29) is 11.4 Å². The predicted octanol–water partition coefficient (Wildman–Crippen LogP) is 1.93. The first-order chi connectivity index (χ1) is 12.7. The van der Waals surface area contributed by atoms with Crippen molar-refractivity contribution in [1.29, 1.82) is 0 Å². The van der Waals surface area contributed by atoms with E-state index in [2.05, 4.69) is 44.4 Å². The molecule has 1 unspecified atom stereocenters. The number of H-pyrrole nitrogens is 1. The number of amides is 1. The van der Waals surface area contributed by atoms with Gasteiger partial charge in [-0.3, -0.25) is 14.8 Å². The van der Waals surface area contributed by atoms with Crippen LogP contribution in [0.3, 0.4) is 0 Å². The van der Waals surface area contributed by atoms with Crippen molar-refractivity contribution >= 4 is 11.5 Å². The van der Waals surface area contributed by atoms with Gasteiger partial charge in [-0.2, -0.15) is 5.10 Å². The van der Waals surface area contributed by atoms with Crippen LogP contribution in [0.2, 0.25) is 0 Å². The molecular weight excluding hydrogens is 326 g/mol. The molecule has 2 N–H and O–H groups in total. The third-order valence-electron chi connectivity index (χ3n) is 6.65. The summed E-state index contributed by atoms with van der Waals surface area (Å²) in [7, 11) is 0. The number of piperazine rings is 1. The quantitative estimate of drug-likeness (QED) is 0.872. The first-order valence-corrected chi connectivity index (χ1v) is 9.97. The molecule has 2 fully saturated rings. The zero-order chi connectivity index (χ0) is 17.7. The van der Waals surface area contributed by atoms with Crippen LogP contribution in [0.4, 0.5) is 0 Å². The molecule has 6 heteroatoms. The second-order valence-electron chi connectivity index (χ2n) is 8.04. The molecule has 4 aliphatic rings. The Hall–Kier alpha value is -2.08. The number of aromatic amines is 1. The maximum atomic E-state index is 13.3. The average Bonchev–Trinajstić information content (AvgIpc) is 3.09. The molecule has 3 aliphatic heterocycles. The van der Waals surface area contributed by atoms with E-state index in [9.17, 15) is 4.79 Å². The SMILES string of the molecule is CCCC12CCN1CCN(C(=O)c1[nH]nc3c1CCC1=C3C=CCN1)C2. The van der Waals surface area contributed by atoms with Crippen molar-refractivity contribution in [2.45, 2.75) is 44.6 Å². The summed E-state index contributed by atoms with van der Waals surface area (Å²) < 4.78 is 0. The molecule has 0 aromatic carbocycles. The van der Waals surface area contributed by atoms with Gasteiger partial charge < -0.3 is 10.2 Å². The lowest BCUT2D eigenvalue weighted by atomic mass is 9.78. The molecule has 1 aromatic heterocycles. The number of nitrogens with zero attached hydrogens (tertiary/aromatic N) is 3. The highest BCUT2D eigenvalue weighted by Crippen LogP contribution is 2.39. The highest BCUT2D eigenvalue weighted by Gasteiger charge is 2.48. The van der Waals surface area contributed by atoms with Gasteiger partial charge in [-0.25, -0.2) is 0 Å². The number of rotatable bonds is 3. The van der Waals surface area contributed by atoms with E-state index in [1.165, 1.54) is 31.5 Å². The Morgan fingerprint density at radius 1 is 1.31 bits per heavy atom. The summed E-state index contributed by atoms with van der Waals surface area (Å²) in [5, 5.41) is 11.0. The Labute approximate surface area is 154 Å². The number of aromatic nitrogens is 2. The normalized spacial score (nSPS) is 27.3. The molecule has 5 rings (SSSR count). The largest absolute Gasteiger partial charge is 0.384 e. The number of carbonyl (C=O) groups is 1. The molecule has 2 saturated heterocycles. The van der Waals surface area contributed by atoms with Gasteiger partial charge in [0.1, 0.15) is 5.69 Å². The van der Waals surface area contributed by atoms with E-state index in [0.29, 0.717) is 5.69 Å². The van der Waals surface area contributed by atoms with Gasteiger partial charge in [0.15, 0.2) is 0 Å². The summed E-state index contributed by atoms with van der Waals surface area (Å²) in [6, 6.07) is 0. The van der Waals surface area contributed by atoms with Crippen molar-refractivity contribution in [2.24, 2.45) is 0 Å². The van der Waals surface area contributed by atoms with Gasteiger partial charge in [0.05, 0.1) is 5.69 Å². The first-order valence-electron chi connectivity index (χ1n) is 9.97. The topological polar surface area (TPSA) is 64.3 Å². The van der Waals surface area contributed by atoms with Crippen LogP contribution in [-0.2, 0) is 6.42 Å². The molecule has 1 aromatic rings. The summed E-state index contributed by atoms with van der Waals surface area (Å²) in [4.78, 5) is 18.0. The van der Waals surface area contributed by atoms with E-state index in [1.807, 2.05) is 0 Å². The van der Waals surface area contributed by atoms with Crippen LogP contribution in [0.25, 0.3) is 5.57 Å². The molecule has 6 nitrogen and oxygen atoms in total. The standard InChI is InChI=1S/C20H27N5O/c1-2-7-20-8-10-25(20)12-11-24(13-20)19(26)18-15-5-6-16-14(4-3-9-21-16)17(15)22-23-18/h3-4,21H,2,5-13H2,1H3,(H,22,23). The average molecular weight is 353 g/mol. The summed E-state index contributed by atoms with van der Waals surface area (Å²) in [6.07, 6.45) is 9.68. The van der Waals surface area contributed by atoms with Crippen molar-refractivity contribution in [1.82, 2.24) is 25.3 Å². The van der Waals surface area contributed by atoms with Crippen LogP contribution in [0.1, 0.15) is 54.4 Å². The van der Waals surface area contributed by atoms with Gasteiger partial charge in [-0.1, -0.05) is 25.5 Å². The second kappa shape index (κ2) is 5.98. The van der Waals surface area contributed by atoms with E-state index in [4.69, 9.17) is 0 Å². The van der Waals surface area contributed by atoms with E-state index >= 15 is 0 Å². The number of fused-ring (bicyclic) bond motifs is 3. The third-order valence-corrected chi connectivity index (χ3v) is 6.65. The molecule has 26 heavy (non-hydrogen) atoms. The van der Waals surface area contributed by atoms with Crippen LogP contribution >= 0.6 is 0 Å². The predicted molar refractivity (Wildman–Crippen MR) is 101 cm³/mol. The Morgan fingerprint density at radius 2 is 2.23 bits per heavy atom. The molecular formula is C20H27N5O. The molecule has 0 saturated carbocycles. The fourth-order valence-corrected chi connectivity index (χ4v) is 5.21. The first kappa shape index (κ1) is 16.1. The van der Waals surface area contributed by atoms with Crippen LogP contribution in [-0.4, -0.2) is 64.2 Å². The zero-order valence-electron chi connectivity index (χ0n) is 15.5. The fraction of sp³-hybridized carbons (Fsp3) is 0.600. The monoisotopic (exact) mass is 353 g/mol. The highest BCUT2D eigenvalue weighted by molar-refractivity contribution is 5.96. The van der Waals surface area contributed by atoms with Crippen LogP contribution < -0.4 is 5.32 Å². The van der Waals surface area contributed by atoms with Gasteiger partial charge in [0.25, 0.3) is 5.91 Å². The van der Waals surface area contributed by atoms with E-state index < -0.39 is 0 Å². The zero-order valence-corrected chi connectivity index (χ0v) is 15.5. The molecule has 1 amide bonds. The molecule has 138 valence electrons. The lowest BCUT2D eigenvalue weighted by molar-refractivity contribution is -0.0742. The third kappa shape index (κ3) is 2.28. The maximum absolute atomic E-state index is 13.3. The Balaban J connectivity index is 1.41. The number of nitrogens with one attached hydrogen (secondary N) is 2. The van der Waals surface area contributed by atoms with Crippen molar-refractivity contribution in [3.05, 3.63) is 34.8 Å². The summed E-state index contributed by atoms with van der Waals surface area (Å²) in [5.41, 5.74) is 5.42. The smallest absolute Gasteiger partial charge is 0.272 e. The second-order valence-corrected chi connectivity index (χ2v) is 8.04. The van der Waals surface area contributed by atoms with E-state index in [1.54, 1.807) is 0 Å². The number of hydrogen-bond acceptors (Lipinski definition) is 4. The Morgan fingerprint density at radius 3 is 3.04 bits per heavy atom. The van der Waals surface area contributed by atoms with Gasteiger partial charge in [0, 0.05) is 55.1 Å². The van der Waals surface area contributed by atoms with Crippen molar-refractivity contribution in [3.63, 3.8) is 0 Å². The molecule has 4 heterocycles. The number of allylic oxidation sites excluding steroid dienone is 3. The molecule has 0 radical (unpaired) electrons. The van der Waals surface area contributed by atoms with Crippen LogP contribution in [0.15, 0.2) is 17.8 Å².